The van der Waals surface area contributed by atoms with Gasteiger partial charge in [-0.1, -0.05) is 48.2 Å². The van der Waals surface area contributed by atoms with E-state index >= 15 is 0 Å². The molecule has 180 valence electrons. The van der Waals surface area contributed by atoms with Crippen molar-refractivity contribution < 1.29 is 14.3 Å². The van der Waals surface area contributed by atoms with E-state index in [1.54, 1.807) is 7.11 Å². The molecule has 1 aromatic heterocycles. The molecular formula is C27H28N4O3S. The van der Waals surface area contributed by atoms with E-state index in [2.05, 4.69) is 15.5 Å². The molecule has 0 bridgehead atoms. The quantitative estimate of drug-likeness (QED) is 0.302. The predicted molar refractivity (Wildman–Crippen MR) is 139 cm³/mol. The highest BCUT2D eigenvalue weighted by atomic mass is 32.2. The van der Waals surface area contributed by atoms with Gasteiger partial charge in [0.2, 0.25) is 5.91 Å². The lowest BCUT2D eigenvalue weighted by Gasteiger charge is -2.17. The Kier molecular flexibility index (Phi) is 7.72. The number of ether oxygens (including phenoxy) is 2. The van der Waals surface area contributed by atoms with Crippen molar-refractivity contribution in [3.05, 3.63) is 89.7 Å². The van der Waals surface area contributed by atoms with Gasteiger partial charge in [-0.15, -0.1) is 10.2 Å². The first kappa shape index (κ1) is 24.3. The Labute approximate surface area is 209 Å². The molecule has 4 aromatic rings. The third kappa shape index (κ3) is 5.84. The van der Waals surface area contributed by atoms with Crippen LogP contribution in [0.4, 0.5) is 5.69 Å². The van der Waals surface area contributed by atoms with Crippen molar-refractivity contribution in [1.82, 2.24) is 14.8 Å². The number of hydrogen-bond acceptors (Lipinski definition) is 6. The van der Waals surface area contributed by atoms with E-state index in [9.17, 15) is 4.79 Å². The van der Waals surface area contributed by atoms with Gasteiger partial charge in [0.15, 0.2) is 17.1 Å². The summed E-state index contributed by atoms with van der Waals surface area (Å²) < 4.78 is 13.4. The fourth-order valence-electron chi connectivity index (χ4n) is 3.59. The van der Waals surface area contributed by atoms with E-state index in [1.807, 2.05) is 98.1 Å². The van der Waals surface area contributed by atoms with Crippen LogP contribution in [0.25, 0.3) is 5.69 Å². The largest absolute Gasteiger partial charge is 0.497 e. The number of anilines is 1. The van der Waals surface area contributed by atoms with Gasteiger partial charge in [0.05, 0.1) is 12.9 Å². The smallest absolute Gasteiger partial charge is 0.234 e. The molecule has 0 fully saturated rings. The Morgan fingerprint density at radius 1 is 1.00 bits per heavy atom. The van der Waals surface area contributed by atoms with E-state index in [4.69, 9.17) is 9.47 Å². The lowest BCUT2D eigenvalue weighted by Crippen LogP contribution is -2.16. The molecule has 0 aliphatic rings. The molecule has 35 heavy (non-hydrogen) atoms. The van der Waals surface area contributed by atoms with E-state index in [0.717, 1.165) is 22.5 Å². The summed E-state index contributed by atoms with van der Waals surface area (Å²) in [4.78, 5) is 12.7. The number of amides is 1. The monoisotopic (exact) mass is 488 g/mol. The molecule has 1 N–H and O–H groups in total. The first-order valence-electron chi connectivity index (χ1n) is 11.3. The summed E-state index contributed by atoms with van der Waals surface area (Å²) in [6.07, 6.45) is -0.395. The number of thioether (sulfide) groups is 1. The van der Waals surface area contributed by atoms with Gasteiger partial charge in [0.25, 0.3) is 0 Å². The fraction of sp³-hybridized carbons (Fsp3) is 0.222. The summed E-state index contributed by atoms with van der Waals surface area (Å²) in [6.45, 7) is 5.95. The van der Waals surface area contributed by atoms with Gasteiger partial charge in [0, 0.05) is 17.4 Å². The van der Waals surface area contributed by atoms with Crippen LogP contribution in [0.2, 0.25) is 0 Å². The Balaban J connectivity index is 1.54. The van der Waals surface area contributed by atoms with Crippen molar-refractivity contribution in [3.8, 4) is 17.2 Å². The zero-order valence-corrected chi connectivity index (χ0v) is 21.0. The second-order valence-corrected chi connectivity index (χ2v) is 8.98. The minimum atomic E-state index is -0.395. The molecule has 1 heterocycles. The number of para-hydroxylation sites is 1. The molecule has 1 atom stereocenters. The molecule has 0 saturated carbocycles. The molecule has 4 rings (SSSR count). The zero-order chi connectivity index (χ0) is 24.8. The number of methoxy groups -OCH3 is 1. The third-order valence-corrected chi connectivity index (χ3v) is 6.53. The van der Waals surface area contributed by atoms with Crippen LogP contribution < -0.4 is 14.8 Å². The highest BCUT2D eigenvalue weighted by Crippen LogP contribution is 2.29. The first-order chi connectivity index (χ1) is 17.0. The first-order valence-corrected chi connectivity index (χ1v) is 12.2. The summed E-state index contributed by atoms with van der Waals surface area (Å²) in [7, 11) is 1.62. The highest BCUT2D eigenvalue weighted by Gasteiger charge is 2.22. The summed E-state index contributed by atoms with van der Waals surface area (Å²) in [5, 5.41) is 12.4. The van der Waals surface area contributed by atoms with E-state index in [1.165, 1.54) is 11.8 Å². The van der Waals surface area contributed by atoms with Crippen LogP contribution in [0.3, 0.4) is 0 Å². The zero-order valence-electron chi connectivity index (χ0n) is 20.2. The fourth-order valence-corrected chi connectivity index (χ4v) is 4.35. The maximum absolute atomic E-state index is 12.7. The van der Waals surface area contributed by atoms with E-state index < -0.39 is 6.10 Å². The normalized spacial score (nSPS) is 11.7. The predicted octanol–water partition coefficient (Wildman–Crippen LogP) is 5.76. The summed E-state index contributed by atoms with van der Waals surface area (Å²) in [5.74, 6) is 2.11. The highest BCUT2D eigenvalue weighted by molar-refractivity contribution is 7.99. The van der Waals surface area contributed by atoms with Crippen LogP contribution in [0.5, 0.6) is 11.5 Å². The number of aryl methyl sites for hydroxylation is 1. The molecule has 3 aromatic carbocycles. The molecule has 0 spiro atoms. The number of nitrogens with zero attached hydrogens (tertiary/aromatic N) is 3. The van der Waals surface area contributed by atoms with Gasteiger partial charge in [-0.3, -0.25) is 9.36 Å². The molecule has 8 heteroatoms. The Morgan fingerprint density at radius 3 is 2.51 bits per heavy atom. The van der Waals surface area contributed by atoms with Crippen LogP contribution in [0.1, 0.15) is 30.0 Å². The minimum Gasteiger partial charge on any atom is -0.497 e. The molecule has 0 saturated heterocycles. The number of aromatic nitrogens is 3. The SMILES string of the molecule is COc1cccc(OC(C)c2nnc(SCC(=O)Nc3cccc(C)c3C)n2-c2ccccc2)c1. The average Bonchev–Trinajstić information content (AvgIpc) is 3.30. The minimum absolute atomic E-state index is 0.103. The number of rotatable bonds is 9. The van der Waals surface area contributed by atoms with Crippen molar-refractivity contribution in [1.29, 1.82) is 0 Å². The Bertz CT molecular complexity index is 1310. The molecule has 1 unspecified atom stereocenters. The van der Waals surface area contributed by atoms with Crippen LogP contribution in [0.15, 0.2) is 78.0 Å². The number of carbonyl (C=O) groups is 1. The third-order valence-electron chi connectivity index (χ3n) is 5.60. The van der Waals surface area contributed by atoms with Gasteiger partial charge in [0.1, 0.15) is 11.5 Å². The summed E-state index contributed by atoms with van der Waals surface area (Å²) >= 11 is 1.33. The van der Waals surface area contributed by atoms with Crippen LogP contribution in [-0.4, -0.2) is 33.5 Å². The van der Waals surface area contributed by atoms with Crippen molar-refractivity contribution in [2.45, 2.75) is 32.0 Å². The van der Waals surface area contributed by atoms with Gasteiger partial charge in [-0.05, 0) is 62.2 Å². The second kappa shape index (κ2) is 11.1. The number of hydrogen-bond donors (Lipinski definition) is 1. The lowest BCUT2D eigenvalue weighted by molar-refractivity contribution is -0.113. The van der Waals surface area contributed by atoms with Crippen molar-refractivity contribution in [3.63, 3.8) is 0 Å². The van der Waals surface area contributed by atoms with Crippen LogP contribution in [0, 0.1) is 13.8 Å². The maximum atomic E-state index is 12.7. The second-order valence-electron chi connectivity index (χ2n) is 8.04. The Morgan fingerprint density at radius 2 is 1.74 bits per heavy atom. The van der Waals surface area contributed by atoms with Gasteiger partial charge >= 0.3 is 0 Å². The summed E-state index contributed by atoms with van der Waals surface area (Å²) in [6, 6.07) is 23.1. The van der Waals surface area contributed by atoms with Crippen LogP contribution in [-0.2, 0) is 4.79 Å². The van der Waals surface area contributed by atoms with Crippen molar-refractivity contribution in [2.24, 2.45) is 0 Å². The van der Waals surface area contributed by atoms with Crippen LogP contribution >= 0.6 is 11.8 Å². The van der Waals surface area contributed by atoms with Gasteiger partial charge in [-0.2, -0.15) is 0 Å². The van der Waals surface area contributed by atoms with E-state index in [-0.39, 0.29) is 11.7 Å². The van der Waals surface area contributed by atoms with E-state index in [0.29, 0.717) is 22.5 Å². The molecular weight excluding hydrogens is 460 g/mol. The van der Waals surface area contributed by atoms with Gasteiger partial charge in [-0.25, -0.2) is 0 Å². The number of benzene rings is 3. The van der Waals surface area contributed by atoms with Gasteiger partial charge < -0.3 is 14.8 Å². The van der Waals surface area contributed by atoms with Crippen molar-refractivity contribution >= 4 is 23.4 Å². The lowest BCUT2D eigenvalue weighted by atomic mass is 10.1. The summed E-state index contributed by atoms with van der Waals surface area (Å²) in [5.41, 5.74) is 3.91. The molecule has 0 aliphatic carbocycles. The molecule has 7 nitrogen and oxygen atoms in total. The molecule has 0 radical (unpaired) electrons. The average molecular weight is 489 g/mol. The molecule has 1 amide bonds. The van der Waals surface area contributed by atoms with Crippen molar-refractivity contribution in [2.75, 3.05) is 18.2 Å². The molecule has 0 aliphatic heterocycles. The maximum Gasteiger partial charge on any atom is 0.234 e. The number of nitrogens with one attached hydrogen (secondary N) is 1. The Hall–Kier alpha value is -3.78. The topological polar surface area (TPSA) is 78.3 Å². The standard InChI is InChI=1S/C27H28N4O3S/c1-18-10-8-15-24(19(18)2)28-25(32)17-35-27-30-29-26(31(27)21-11-6-5-7-12-21)20(3)34-23-14-9-13-22(16-23)33-4/h5-16,20H,17H2,1-4H3,(H,28,32). The number of carbonyl (C=O) groups excluding carboxylic acids is 1.